The van der Waals surface area contributed by atoms with E-state index >= 15 is 0 Å². The average molecular weight is 438 g/mol. The number of halogens is 6. The second kappa shape index (κ2) is 8.50. The molecule has 27 heavy (non-hydrogen) atoms. The van der Waals surface area contributed by atoms with Gasteiger partial charge in [0.1, 0.15) is 12.2 Å². The Bertz CT molecular complexity index is 955. The number of ketones is 1. The number of rotatable bonds is 6. The Morgan fingerprint density at radius 3 is 2.44 bits per heavy atom. The van der Waals surface area contributed by atoms with Gasteiger partial charge in [0.25, 0.3) is 0 Å². The predicted octanol–water partition coefficient (Wildman–Crippen LogP) is 6.27. The van der Waals surface area contributed by atoms with Gasteiger partial charge in [-0.2, -0.15) is 13.2 Å². The van der Waals surface area contributed by atoms with Crippen molar-refractivity contribution in [3.63, 3.8) is 0 Å². The lowest BCUT2D eigenvalue weighted by Gasteiger charge is -2.11. The average Bonchev–Trinajstić information content (AvgIpc) is 2.83. The highest BCUT2D eigenvalue weighted by atomic mass is 35.5. The Balaban J connectivity index is 2.54. The monoisotopic (exact) mass is 436 g/mol. The summed E-state index contributed by atoms with van der Waals surface area (Å²) in [6.07, 6.45) is -1.53. The van der Waals surface area contributed by atoms with Crippen LogP contribution in [-0.4, -0.2) is 21.5 Å². The summed E-state index contributed by atoms with van der Waals surface area (Å²) in [5.74, 6) is -0.760. The summed E-state index contributed by atoms with van der Waals surface area (Å²) < 4.78 is 40.0. The van der Waals surface area contributed by atoms with E-state index in [0.29, 0.717) is 5.03 Å². The summed E-state index contributed by atoms with van der Waals surface area (Å²) >= 11 is 17.6. The second-order valence-electron chi connectivity index (χ2n) is 5.66. The fraction of sp³-hybridized carbons (Fsp3) is 0.222. The molecule has 0 amide bonds. The molecule has 1 aromatic carbocycles. The van der Waals surface area contributed by atoms with Gasteiger partial charge in [0.05, 0.1) is 27.6 Å². The molecule has 0 fully saturated rings. The molecule has 0 unspecified atom stereocenters. The first-order chi connectivity index (χ1) is 12.5. The molecular weight excluding hydrogens is 424 g/mol. The fourth-order valence-corrected chi connectivity index (χ4v) is 2.75. The zero-order valence-electron chi connectivity index (χ0n) is 14.1. The third-order valence-corrected chi connectivity index (χ3v) is 4.41. The van der Waals surface area contributed by atoms with Crippen LogP contribution in [0.15, 0.2) is 47.5 Å². The molecule has 0 aliphatic heterocycles. The van der Waals surface area contributed by atoms with E-state index in [0.717, 1.165) is 0 Å². The van der Waals surface area contributed by atoms with Crippen molar-refractivity contribution in [2.24, 2.45) is 0 Å². The summed E-state index contributed by atoms with van der Waals surface area (Å²) in [7, 11) is 0. The highest BCUT2D eigenvalue weighted by Gasteiger charge is 2.31. The summed E-state index contributed by atoms with van der Waals surface area (Å²) in [4.78, 5) is 16.5. The van der Waals surface area contributed by atoms with Crippen LogP contribution in [0.2, 0.25) is 10.0 Å². The van der Waals surface area contributed by atoms with Crippen molar-refractivity contribution >= 4 is 51.6 Å². The van der Waals surface area contributed by atoms with Crippen LogP contribution >= 0.6 is 34.8 Å². The van der Waals surface area contributed by atoms with Gasteiger partial charge in [-0.25, -0.2) is 4.98 Å². The molecule has 0 spiro atoms. The molecule has 1 aromatic heterocycles. The van der Waals surface area contributed by atoms with Gasteiger partial charge in [0.15, 0.2) is 5.78 Å². The number of Topliss-reactive ketones (excluding diaryl/α,β-unsaturated/α-hetero) is 1. The van der Waals surface area contributed by atoms with E-state index in [1.807, 2.05) is 0 Å². The van der Waals surface area contributed by atoms with Gasteiger partial charge in [0.2, 0.25) is 0 Å². The van der Waals surface area contributed by atoms with Gasteiger partial charge in [-0.15, -0.1) is 0 Å². The van der Waals surface area contributed by atoms with E-state index in [2.05, 4.69) is 11.6 Å². The van der Waals surface area contributed by atoms with Crippen molar-refractivity contribution < 1.29 is 18.0 Å². The number of allylic oxidation sites excluding steroid dienone is 5. The minimum atomic E-state index is -4.49. The number of carbonyl (C=O) groups is 1. The Labute approximate surface area is 168 Å². The van der Waals surface area contributed by atoms with Gasteiger partial charge in [-0.1, -0.05) is 53.5 Å². The molecule has 0 bridgehead atoms. The highest BCUT2D eigenvalue weighted by molar-refractivity contribution is 6.42. The van der Waals surface area contributed by atoms with Gasteiger partial charge in [-0.05, 0) is 25.1 Å². The van der Waals surface area contributed by atoms with E-state index in [4.69, 9.17) is 34.8 Å². The number of nitrogens with zero attached hydrogens (tertiary/aromatic N) is 2. The van der Waals surface area contributed by atoms with Crippen molar-refractivity contribution in [2.75, 3.05) is 0 Å². The number of aromatic nitrogens is 2. The van der Waals surface area contributed by atoms with Crippen molar-refractivity contribution in [3.05, 3.63) is 63.4 Å². The molecule has 0 radical (unpaired) electrons. The Morgan fingerprint density at radius 1 is 1.26 bits per heavy atom. The van der Waals surface area contributed by atoms with E-state index in [-0.39, 0.29) is 39.0 Å². The molecule has 9 heteroatoms. The zero-order valence-corrected chi connectivity index (χ0v) is 16.3. The second-order valence-corrected chi connectivity index (χ2v) is 7.07. The molecule has 3 nitrogen and oxygen atoms in total. The van der Waals surface area contributed by atoms with Crippen LogP contribution in [0.1, 0.15) is 12.7 Å². The number of hydrogen-bond donors (Lipinski definition) is 0. The molecule has 2 rings (SSSR count). The number of hydrogen-bond acceptors (Lipinski definition) is 2. The summed E-state index contributed by atoms with van der Waals surface area (Å²) in [6, 6.07) is 2.75. The van der Waals surface area contributed by atoms with Gasteiger partial charge >= 0.3 is 6.18 Å². The Morgan fingerprint density at radius 2 is 1.89 bits per heavy atom. The van der Waals surface area contributed by atoms with Crippen molar-refractivity contribution in [1.82, 2.24) is 9.55 Å². The number of benzene rings is 1. The molecule has 2 aromatic rings. The van der Waals surface area contributed by atoms with Crippen LogP contribution in [-0.2, 0) is 17.8 Å². The van der Waals surface area contributed by atoms with Crippen LogP contribution in [0, 0.1) is 0 Å². The van der Waals surface area contributed by atoms with Crippen molar-refractivity contribution in [1.29, 1.82) is 0 Å². The SMILES string of the molecule is C=C/C(=C\C=C(/C)Cl)C(=O)Cn1c(CC(F)(F)F)nc2cc(Cl)c(Cl)cc21. The first-order valence-electron chi connectivity index (χ1n) is 7.62. The normalized spacial score (nSPS) is 13.3. The molecule has 1 heterocycles. The Kier molecular flexibility index (Phi) is 6.78. The standard InChI is InChI=1S/C18H14Cl3F3N2O/c1-3-11(5-4-10(2)19)16(27)9-26-15-7-13(21)12(20)6-14(15)25-17(26)8-18(22,23)24/h3-7H,1,8-9H2,2H3/b10-4+,11-5+. The lowest BCUT2D eigenvalue weighted by molar-refractivity contribution is -0.129. The van der Waals surface area contributed by atoms with E-state index in [9.17, 15) is 18.0 Å². The highest BCUT2D eigenvalue weighted by Crippen LogP contribution is 2.30. The molecule has 0 saturated carbocycles. The molecule has 0 atom stereocenters. The summed E-state index contributed by atoms with van der Waals surface area (Å²) in [5, 5.41) is 0.749. The van der Waals surface area contributed by atoms with Crippen molar-refractivity contribution in [3.8, 4) is 0 Å². The molecule has 0 aliphatic rings. The summed E-state index contributed by atoms with van der Waals surface area (Å²) in [5.41, 5.74) is 0.705. The summed E-state index contributed by atoms with van der Waals surface area (Å²) in [6.45, 7) is 4.81. The van der Waals surface area contributed by atoms with Gasteiger partial charge < -0.3 is 4.57 Å². The predicted molar refractivity (Wildman–Crippen MR) is 102 cm³/mol. The number of alkyl halides is 3. The lowest BCUT2D eigenvalue weighted by Crippen LogP contribution is -2.19. The minimum absolute atomic E-state index is 0.150. The molecule has 0 N–H and O–H groups in total. The van der Waals surface area contributed by atoms with Crippen LogP contribution in [0.3, 0.4) is 0 Å². The van der Waals surface area contributed by atoms with Crippen LogP contribution in [0.25, 0.3) is 11.0 Å². The van der Waals surface area contributed by atoms with Crippen LogP contribution in [0.4, 0.5) is 13.2 Å². The lowest BCUT2D eigenvalue weighted by atomic mass is 10.1. The quantitative estimate of drug-likeness (QED) is 0.394. The third-order valence-electron chi connectivity index (χ3n) is 3.56. The maximum absolute atomic E-state index is 12.9. The maximum atomic E-state index is 12.9. The topological polar surface area (TPSA) is 34.9 Å². The number of imidazole rings is 1. The zero-order chi connectivity index (χ0) is 20.4. The molecule has 0 aliphatic carbocycles. The number of fused-ring (bicyclic) bond motifs is 1. The van der Waals surface area contributed by atoms with E-state index in [1.165, 1.54) is 34.9 Å². The molecule has 0 saturated heterocycles. The van der Waals surface area contributed by atoms with Gasteiger partial charge in [-0.3, -0.25) is 4.79 Å². The minimum Gasteiger partial charge on any atom is -0.320 e. The van der Waals surface area contributed by atoms with E-state index < -0.39 is 18.4 Å². The number of carbonyl (C=O) groups excluding carboxylic acids is 1. The third kappa shape index (κ3) is 5.61. The first-order valence-corrected chi connectivity index (χ1v) is 8.76. The van der Waals surface area contributed by atoms with Crippen molar-refractivity contribution in [2.45, 2.75) is 26.1 Å². The molecule has 144 valence electrons. The smallest absolute Gasteiger partial charge is 0.320 e. The largest absolute Gasteiger partial charge is 0.396 e. The van der Waals surface area contributed by atoms with Crippen LogP contribution in [0.5, 0.6) is 0 Å². The Hall–Kier alpha value is -1.76. The van der Waals surface area contributed by atoms with Crippen LogP contribution < -0.4 is 0 Å². The first kappa shape index (κ1) is 21.5. The maximum Gasteiger partial charge on any atom is 0.396 e. The van der Waals surface area contributed by atoms with E-state index in [1.54, 1.807) is 6.92 Å². The van der Waals surface area contributed by atoms with Gasteiger partial charge in [0, 0.05) is 10.6 Å². The molecular formula is C18H14Cl3F3N2O. The fourth-order valence-electron chi connectivity index (χ4n) is 2.38.